The Bertz CT molecular complexity index is 987. The molecule has 1 aromatic heterocycles. The van der Waals surface area contributed by atoms with E-state index in [2.05, 4.69) is 0 Å². The van der Waals surface area contributed by atoms with E-state index >= 15 is 0 Å². The third-order valence-electron chi connectivity index (χ3n) is 3.91. The van der Waals surface area contributed by atoms with Gasteiger partial charge in [-0.2, -0.15) is 0 Å². The average molecular weight is 339 g/mol. The van der Waals surface area contributed by atoms with Gasteiger partial charge in [-0.3, -0.25) is 9.69 Å². The first-order chi connectivity index (χ1) is 11.2. The molecule has 0 spiro atoms. The molecule has 0 atom stereocenters. The molecular weight excluding hydrogens is 326 g/mol. The standard InChI is InChI=1S/C18H13NO2S2/c1-2-19-17(20)15(23-18(19)22)10-11-6-5-8-13-12-7-3-4-9-14(12)21-16(11)13/h3-10H,2H2,1H3/b15-10-. The maximum absolute atomic E-state index is 12.4. The van der Waals surface area contributed by atoms with Gasteiger partial charge in [0.15, 0.2) is 0 Å². The van der Waals surface area contributed by atoms with Gasteiger partial charge >= 0.3 is 0 Å². The maximum Gasteiger partial charge on any atom is 0.266 e. The summed E-state index contributed by atoms with van der Waals surface area (Å²) in [7, 11) is 0. The molecule has 1 aliphatic rings. The lowest BCUT2D eigenvalue weighted by molar-refractivity contribution is -0.121. The molecule has 1 fully saturated rings. The lowest BCUT2D eigenvalue weighted by Gasteiger charge is -2.09. The molecule has 1 amide bonds. The van der Waals surface area contributed by atoms with Gasteiger partial charge in [-0.05, 0) is 19.1 Å². The van der Waals surface area contributed by atoms with Crippen LogP contribution in [0.2, 0.25) is 0 Å². The summed E-state index contributed by atoms with van der Waals surface area (Å²) in [4.78, 5) is 14.6. The van der Waals surface area contributed by atoms with Gasteiger partial charge in [-0.1, -0.05) is 60.4 Å². The first-order valence-corrected chi connectivity index (χ1v) is 8.57. The molecule has 0 saturated carbocycles. The summed E-state index contributed by atoms with van der Waals surface area (Å²) in [5.74, 6) is -0.0318. The largest absolute Gasteiger partial charge is 0.455 e. The Labute approximate surface area is 142 Å². The van der Waals surface area contributed by atoms with Crippen LogP contribution >= 0.6 is 24.0 Å². The minimum atomic E-state index is -0.0318. The van der Waals surface area contributed by atoms with E-state index in [1.54, 1.807) is 4.90 Å². The Morgan fingerprint density at radius 2 is 1.96 bits per heavy atom. The second-order valence-electron chi connectivity index (χ2n) is 5.25. The highest BCUT2D eigenvalue weighted by atomic mass is 32.2. The third kappa shape index (κ3) is 2.28. The van der Waals surface area contributed by atoms with E-state index in [1.807, 2.05) is 55.5 Å². The maximum atomic E-state index is 12.4. The van der Waals surface area contributed by atoms with Crippen molar-refractivity contribution < 1.29 is 9.21 Å². The van der Waals surface area contributed by atoms with Crippen molar-refractivity contribution in [1.29, 1.82) is 0 Å². The number of rotatable bonds is 2. The molecule has 0 bridgehead atoms. The van der Waals surface area contributed by atoms with Crippen molar-refractivity contribution >= 4 is 62.2 Å². The van der Waals surface area contributed by atoms with Gasteiger partial charge in [0.1, 0.15) is 15.5 Å². The molecule has 1 aliphatic heterocycles. The number of carbonyl (C=O) groups is 1. The van der Waals surface area contributed by atoms with Crippen LogP contribution in [0, 0.1) is 0 Å². The molecular formula is C18H13NO2S2. The summed E-state index contributed by atoms with van der Waals surface area (Å²) in [6.07, 6.45) is 1.87. The van der Waals surface area contributed by atoms with Gasteiger partial charge in [0.2, 0.25) is 0 Å². The average Bonchev–Trinajstić information content (AvgIpc) is 3.06. The number of amides is 1. The number of carbonyl (C=O) groups excluding carboxylic acids is 1. The van der Waals surface area contributed by atoms with Crippen LogP contribution in [-0.2, 0) is 4.79 Å². The predicted molar refractivity (Wildman–Crippen MR) is 99.3 cm³/mol. The molecule has 5 heteroatoms. The monoisotopic (exact) mass is 339 g/mol. The van der Waals surface area contributed by atoms with Crippen molar-refractivity contribution in [2.45, 2.75) is 6.92 Å². The molecule has 2 aromatic carbocycles. The number of para-hydroxylation sites is 2. The predicted octanol–water partition coefficient (Wildman–Crippen LogP) is 4.81. The van der Waals surface area contributed by atoms with Crippen molar-refractivity contribution in [2.24, 2.45) is 0 Å². The molecule has 1 saturated heterocycles. The molecule has 3 nitrogen and oxygen atoms in total. The van der Waals surface area contributed by atoms with Gasteiger partial charge < -0.3 is 4.42 Å². The van der Waals surface area contributed by atoms with E-state index in [9.17, 15) is 4.79 Å². The first-order valence-electron chi connectivity index (χ1n) is 7.34. The molecule has 114 valence electrons. The summed E-state index contributed by atoms with van der Waals surface area (Å²) >= 11 is 6.61. The molecule has 23 heavy (non-hydrogen) atoms. The van der Waals surface area contributed by atoms with Gasteiger partial charge in [-0.25, -0.2) is 0 Å². The molecule has 0 radical (unpaired) electrons. The zero-order valence-electron chi connectivity index (χ0n) is 12.4. The number of likely N-dealkylation sites (N-methyl/N-ethyl adjacent to an activating group) is 1. The van der Waals surface area contributed by atoms with Crippen molar-refractivity contribution in [3.63, 3.8) is 0 Å². The van der Waals surface area contributed by atoms with Gasteiger partial charge in [-0.15, -0.1) is 0 Å². The highest BCUT2D eigenvalue weighted by Crippen LogP contribution is 2.36. The fraction of sp³-hybridized carbons (Fsp3) is 0.111. The summed E-state index contributed by atoms with van der Waals surface area (Å²) < 4.78 is 6.61. The zero-order valence-corrected chi connectivity index (χ0v) is 14.0. The van der Waals surface area contributed by atoms with Crippen LogP contribution in [0.15, 0.2) is 51.8 Å². The number of furan rings is 1. The molecule has 0 aliphatic carbocycles. The van der Waals surface area contributed by atoms with Crippen LogP contribution in [0.5, 0.6) is 0 Å². The van der Waals surface area contributed by atoms with Crippen LogP contribution in [-0.4, -0.2) is 21.7 Å². The Balaban J connectivity index is 1.88. The zero-order chi connectivity index (χ0) is 16.0. The number of benzene rings is 2. The van der Waals surface area contributed by atoms with E-state index in [1.165, 1.54) is 11.8 Å². The van der Waals surface area contributed by atoms with Crippen LogP contribution in [0.3, 0.4) is 0 Å². The van der Waals surface area contributed by atoms with E-state index in [0.717, 1.165) is 27.5 Å². The number of hydrogen-bond acceptors (Lipinski definition) is 4. The minimum absolute atomic E-state index is 0.0318. The number of thioether (sulfide) groups is 1. The van der Waals surface area contributed by atoms with E-state index in [0.29, 0.717) is 15.8 Å². The normalized spacial score (nSPS) is 17.1. The lowest BCUT2D eigenvalue weighted by Crippen LogP contribution is -2.27. The lowest BCUT2D eigenvalue weighted by atomic mass is 10.1. The SMILES string of the molecule is CCN1C(=O)/C(=C/c2cccc3c2oc2ccccc23)SC1=S. The summed E-state index contributed by atoms with van der Waals surface area (Å²) in [5.41, 5.74) is 2.55. The van der Waals surface area contributed by atoms with Crippen LogP contribution < -0.4 is 0 Å². The number of thiocarbonyl (C=S) groups is 1. The quantitative estimate of drug-likeness (QED) is 0.496. The molecule has 0 unspecified atom stereocenters. The van der Waals surface area contributed by atoms with Crippen molar-refractivity contribution in [3.8, 4) is 0 Å². The second kappa shape index (κ2) is 5.51. The Morgan fingerprint density at radius 3 is 2.74 bits per heavy atom. The van der Waals surface area contributed by atoms with E-state index in [4.69, 9.17) is 16.6 Å². The second-order valence-corrected chi connectivity index (χ2v) is 6.92. The summed E-state index contributed by atoms with van der Waals surface area (Å²) in [6.45, 7) is 2.52. The Hall–Kier alpha value is -2.11. The first kappa shape index (κ1) is 14.5. The topological polar surface area (TPSA) is 33.5 Å². The molecule has 3 aromatic rings. The van der Waals surface area contributed by atoms with Crippen LogP contribution in [0.1, 0.15) is 12.5 Å². The fourth-order valence-corrected chi connectivity index (χ4v) is 4.17. The van der Waals surface area contributed by atoms with Gasteiger partial charge in [0, 0.05) is 22.9 Å². The Morgan fingerprint density at radius 1 is 1.17 bits per heavy atom. The fourth-order valence-electron chi connectivity index (χ4n) is 2.80. The highest BCUT2D eigenvalue weighted by molar-refractivity contribution is 8.26. The van der Waals surface area contributed by atoms with Crippen LogP contribution in [0.4, 0.5) is 0 Å². The highest BCUT2D eigenvalue weighted by Gasteiger charge is 2.30. The van der Waals surface area contributed by atoms with Crippen LogP contribution in [0.25, 0.3) is 28.0 Å². The minimum Gasteiger partial charge on any atom is -0.455 e. The number of nitrogens with zero attached hydrogens (tertiary/aromatic N) is 1. The summed E-state index contributed by atoms with van der Waals surface area (Å²) in [6, 6.07) is 13.9. The smallest absolute Gasteiger partial charge is 0.266 e. The number of hydrogen-bond donors (Lipinski definition) is 0. The third-order valence-corrected chi connectivity index (χ3v) is 5.29. The van der Waals surface area contributed by atoms with Gasteiger partial charge in [0.05, 0.1) is 4.91 Å². The Kier molecular flexibility index (Phi) is 3.47. The van der Waals surface area contributed by atoms with Crippen molar-refractivity contribution in [3.05, 3.63) is 52.9 Å². The van der Waals surface area contributed by atoms with Gasteiger partial charge in [0.25, 0.3) is 5.91 Å². The van der Waals surface area contributed by atoms with Crippen molar-refractivity contribution in [1.82, 2.24) is 4.90 Å². The number of fused-ring (bicyclic) bond motifs is 3. The molecule has 2 heterocycles. The van der Waals surface area contributed by atoms with E-state index in [-0.39, 0.29) is 5.91 Å². The van der Waals surface area contributed by atoms with Crippen molar-refractivity contribution in [2.75, 3.05) is 6.54 Å². The molecule has 0 N–H and O–H groups in total. The molecule has 4 rings (SSSR count). The van der Waals surface area contributed by atoms with E-state index < -0.39 is 0 Å². The summed E-state index contributed by atoms with van der Waals surface area (Å²) in [5, 5.41) is 2.14.